The highest BCUT2D eigenvalue weighted by Crippen LogP contribution is 2.14. The molecule has 0 bridgehead atoms. The quantitative estimate of drug-likeness (QED) is 0.0498. The van der Waals surface area contributed by atoms with Crippen LogP contribution in [0.3, 0.4) is 0 Å². The molecule has 0 saturated carbocycles. The fraction of sp³-hybridized carbons (Fsp3) is 0.811. The molecule has 0 unspecified atom stereocenters. The molecule has 0 aliphatic rings. The van der Waals surface area contributed by atoms with Gasteiger partial charge < -0.3 is 9.47 Å². The molecule has 0 N–H and O–H groups in total. The van der Waals surface area contributed by atoms with E-state index in [1.165, 1.54) is 109 Å². The van der Waals surface area contributed by atoms with Gasteiger partial charge in [-0.25, -0.2) is 4.79 Å². The highest BCUT2D eigenvalue weighted by molar-refractivity contribution is 5.59. The minimum absolute atomic E-state index is 0.487. The van der Waals surface area contributed by atoms with Crippen LogP contribution >= 0.6 is 0 Å². The predicted octanol–water partition coefficient (Wildman–Crippen LogP) is 12.8. The number of hydrogen-bond acceptors (Lipinski definition) is 3. The molecule has 0 radical (unpaired) electrons. The van der Waals surface area contributed by atoms with Gasteiger partial charge in [0.2, 0.25) is 0 Å². The van der Waals surface area contributed by atoms with Crippen molar-refractivity contribution in [3.05, 3.63) is 36.5 Å². The van der Waals surface area contributed by atoms with E-state index in [1.54, 1.807) is 0 Å². The number of unbranched alkanes of at least 4 members (excludes halogenated alkanes) is 18. The van der Waals surface area contributed by atoms with Crippen molar-refractivity contribution in [2.24, 2.45) is 5.92 Å². The van der Waals surface area contributed by atoms with Gasteiger partial charge in [-0.1, -0.05) is 166 Å². The molecule has 0 spiro atoms. The van der Waals surface area contributed by atoms with Crippen LogP contribution in [0.15, 0.2) is 36.5 Å². The maximum atomic E-state index is 11.7. The van der Waals surface area contributed by atoms with Gasteiger partial charge in [-0.15, -0.1) is 0 Å². The fourth-order valence-electron chi connectivity index (χ4n) is 4.85. The lowest BCUT2D eigenvalue weighted by molar-refractivity contribution is 0.0529. The van der Waals surface area contributed by atoms with Crippen molar-refractivity contribution in [1.29, 1.82) is 0 Å². The van der Waals surface area contributed by atoms with Crippen molar-refractivity contribution in [1.82, 2.24) is 0 Å². The van der Waals surface area contributed by atoms with Gasteiger partial charge >= 0.3 is 6.16 Å². The van der Waals surface area contributed by atoms with Crippen molar-refractivity contribution in [3.63, 3.8) is 0 Å². The maximum absolute atomic E-state index is 11.7. The summed E-state index contributed by atoms with van der Waals surface area (Å²) < 4.78 is 10.4. The van der Waals surface area contributed by atoms with Crippen LogP contribution in [-0.4, -0.2) is 19.4 Å². The predicted molar refractivity (Wildman–Crippen MR) is 176 cm³/mol. The molecule has 0 saturated heterocycles. The lowest BCUT2D eigenvalue weighted by Gasteiger charge is -2.07. The SMILES string of the molecule is CCC=CCC=CCC=CCCCCCCCCOC(=O)OCCCCCCCCCCCCCCCC(C)C. The van der Waals surface area contributed by atoms with E-state index in [1.807, 2.05) is 0 Å². The first-order valence-corrected chi connectivity index (χ1v) is 17.4. The summed E-state index contributed by atoms with van der Waals surface area (Å²) in [6.07, 6.45) is 43.2. The molecule has 0 amide bonds. The molecule has 0 heterocycles. The molecule has 0 rings (SSSR count). The van der Waals surface area contributed by atoms with Crippen molar-refractivity contribution in [3.8, 4) is 0 Å². The molecule has 234 valence electrons. The zero-order valence-corrected chi connectivity index (χ0v) is 27.2. The zero-order chi connectivity index (χ0) is 29.2. The molecular formula is C37H68O3. The molecule has 0 aromatic rings. The van der Waals surface area contributed by atoms with Gasteiger partial charge in [0.1, 0.15) is 0 Å². The number of carbonyl (C=O) groups excluding carboxylic acids is 1. The van der Waals surface area contributed by atoms with Crippen molar-refractivity contribution in [2.45, 2.75) is 175 Å². The van der Waals surface area contributed by atoms with Crippen LogP contribution in [0, 0.1) is 5.92 Å². The smallest absolute Gasteiger partial charge is 0.434 e. The molecule has 40 heavy (non-hydrogen) atoms. The number of carbonyl (C=O) groups is 1. The largest absolute Gasteiger partial charge is 0.508 e. The Morgan fingerprint density at radius 1 is 0.500 bits per heavy atom. The molecule has 0 aromatic carbocycles. The van der Waals surface area contributed by atoms with E-state index in [2.05, 4.69) is 57.2 Å². The van der Waals surface area contributed by atoms with E-state index in [0.29, 0.717) is 13.2 Å². The Hall–Kier alpha value is -1.51. The van der Waals surface area contributed by atoms with E-state index in [0.717, 1.165) is 50.9 Å². The Labute approximate surface area is 250 Å². The Kier molecular flexibility index (Phi) is 32.4. The number of rotatable bonds is 30. The minimum Gasteiger partial charge on any atom is -0.434 e. The molecule has 3 nitrogen and oxygen atoms in total. The first-order valence-electron chi connectivity index (χ1n) is 17.4. The minimum atomic E-state index is -0.487. The summed E-state index contributed by atoms with van der Waals surface area (Å²) in [7, 11) is 0. The third kappa shape index (κ3) is 34.5. The van der Waals surface area contributed by atoms with Crippen molar-refractivity contribution < 1.29 is 14.3 Å². The van der Waals surface area contributed by atoms with Crippen LogP contribution in [0.4, 0.5) is 4.79 Å². The molecule has 0 aliphatic carbocycles. The Bertz CT molecular complexity index is 590. The van der Waals surface area contributed by atoms with Gasteiger partial charge in [0, 0.05) is 0 Å². The molecule has 0 aliphatic heterocycles. The van der Waals surface area contributed by atoms with E-state index < -0.39 is 6.16 Å². The number of ether oxygens (including phenoxy) is 2. The van der Waals surface area contributed by atoms with Crippen LogP contribution in [0.1, 0.15) is 175 Å². The molecule has 0 fully saturated rings. The van der Waals surface area contributed by atoms with Crippen LogP contribution in [-0.2, 0) is 9.47 Å². The summed E-state index contributed by atoms with van der Waals surface area (Å²) in [5, 5.41) is 0. The normalized spacial score (nSPS) is 12.0. The fourth-order valence-corrected chi connectivity index (χ4v) is 4.85. The lowest BCUT2D eigenvalue weighted by Crippen LogP contribution is -2.09. The molecule has 0 atom stereocenters. The average molecular weight is 561 g/mol. The summed E-state index contributed by atoms with van der Waals surface area (Å²) >= 11 is 0. The number of hydrogen-bond donors (Lipinski definition) is 0. The summed E-state index contributed by atoms with van der Waals surface area (Å²) in [5.41, 5.74) is 0. The van der Waals surface area contributed by atoms with Crippen molar-refractivity contribution >= 4 is 6.16 Å². The summed E-state index contributed by atoms with van der Waals surface area (Å²) in [4.78, 5) is 11.7. The second-order valence-electron chi connectivity index (χ2n) is 11.9. The molecule has 0 aromatic heterocycles. The first-order chi connectivity index (χ1) is 19.7. The third-order valence-corrected chi connectivity index (χ3v) is 7.41. The highest BCUT2D eigenvalue weighted by atomic mass is 16.7. The van der Waals surface area contributed by atoms with E-state index >= 15 is 0 Å². The van der Waals surface area contributed by atoms with E-state index in [9.17, 15) is 4.79 Å². The average Bonchev–Trinajstić information content (AvgIpc) is 2.94. The maximum Gasteiger partial charge on any atom is 0.508 e. The van der Waals surface area contributed by atoms with Crippen molar-refractivity contribution in [2.75, 3.05) is 13.2 Å². The van der Waals surface area contributed by atoms with Crippen LogP contribution in [0.25, 0.3) is 0 Å². The molecule has 3 heteroatoms. The third-order valence-electron chi connectivity index (χ3n) is 7.41. The molecular weight excluding hydrogens is 492 g/mol. The van der Waals surface area contributed by atoms with Crippen LogP contribution < -0.4 is 0 Å². The van der Waals surface area contributed by atoms with Gasteiger partial charge in [-0.05, 0) is 50.9 Å². The Morgan fingerprint density at radius 2 is 0.875 bits per heavy atom. The van der Waals surface area contributed by atoms with E-state index in [4.69, 9.17) is 9.47 Å². The van der Waals surface area contributed by atoms with E-state index in [-0.39, 0.29) is 0 Å². The van der Waals surface area contributed by atoms with Gasteiger partial charge in [0.05, 0.1) is 13.2 Å². The Morgan fingerprint density at radius 3 is 1.32 bits per heavy atom. The second-order valence-corrected chi connectivity index (χ2v) is 11.9. The number of allylic oxidation sites excluding steroid dienone is 6. The monoisotopic (exact) mass is 561 g/mol. The van der Waals surface area contributed by atoms with Gasteiger partial charge in [0.15, 0.2) is 0 Å². The van der Waals surface area contributed by atoms with Gasteiger partial charge in [0.25, 0.3) is 0 Å². The second kappa shape index (κ2) is 33.7. The topological polar surface area (TPSA) is 35.5 Å². The van der Waals surface area contributed by atoms with Crippen LogP contribution in [0.5, 0.6) is 0 Å². The summed E-state index contributed by atoms with van der Waals surface area (Å²) in [5.74, 6) is 0.865. The summed E-state index contributed by atoms with van der Waals surface area (Å²) in [6, 6.07) is 0. The van der Waals surface area contributed by atoms with Gasteiger partial charge in [-0.2, -0.15) is 0 Å². The van der Waals surface area contributed by atoms with Crippen LogP contribution in [0.2, 0.25) is 0 Å². The highest BCUT2D eigenvalue weighted by Gasteiger charge is 2.03. The zero-order valence-electron chi connectivity index (χ0n) is 27.2. The van der Waals surface area contributed by atoms with Gasteiger partial charge in [-0.3, -0.25) is 0 Å². The lowest BCUT2D eigenvalue weighted by atomic mass is 10.0. The Balaban J connectivity index is 3.23. The summed E-state index contributed by atoms with van der Waals surface area (Å²) in [6.45, 7) is 7.80. The first kappa shape index (κ1) is 38.5. The standard InChI is InChI=1S/C37H68O3/c1-4-5-6-7-8-9-10-11-12-13-16-19-22-25-28-31-34-39-37(38)40-35-32-29-26-23-20-17-14-15-18-21-24-27-30-33-36(2)3/h5-6,8-9,11-12,36H,4,7,10,13-35H2,1-3H3.